The smallest absolute Gasteiger partial charge is 0.252 e. The van der Waals surface area contributed by atoms with E-state index >= 15 is 0 Å². The predicted octanol–water partition coefficient (Wildman–Crippen LogP) is 0.638. The summed E-state index contributed by atoms with van der Waals surface area (Å²) >= 11 is 0. The highest BCUT2D eigenvalue weighted by Crippen LogP contribution is 2.07. The molecule has 1 aliphatic rings. The molecule has 0 saturated carbocycles. The Morgan fingerprint density at radius 3 is 3.00 bits per heavy atom. The van der Waals surface area contributed by atoms with Crippen LogP contribution < -0.4 is 5.32 Å². The fourth-order valence-corrected chi connectivity index (χ4v) is 0.908. The topological polar surface area (TPSA) is 53.0 Å². The van der Waals surface area contributed by atoms with E-state index in [-0.39, 0.29) is 5.91 Å². The van der Waals surface area contributed by atoms with Gasteiger partial charge in [-0.25, -0.2) is 0 Å². The maximum atomic E-state index is 11.0. The largest absolute Gasteiger partial charge is 0.355 e. The summed E-state index contributed by atoms with van der Waals surface area (Å²) in [6.07, 6.45) is 5.86. The molecule has 11 heavy (non-hydrogen) atoms. The molecule has 1 amide bonds. The van der Waals surface area contributed by atoms with E-state index in [1.54, 1.807) is 19.2 Å². The lowest BCUT2D eigenvalue weighted by Gasteiger charge is -2.07. The molecule has 0 saturated heterocycles. The van der Waals surface area contributed by atoms with Gasteiger partial charge in [0, 0.05) is 19.2 Å². The van der Waals surface area contributed by atoms with E-state index in [9.17, 15) is 4.79 Å². The summed E-state index contributed by atoms with van der Waals surface area (Å²) in [6, 6.07) is 0. The van der Waals surface area contributed by atoms with Gasteiger partial charge in [0.25, 0.3) is 5.91 Å². The zero-order chi connectivity index (χ0) is 8.27. The first kappa shape index (κ1) is 7.72. The van der Waals surface area contributed by atoms with Crippen LogP contribution in [-0.4, -0.2) is 18.7 Å². The summed E-state index contributed by atoms with van der Waals surface area (Å²) < 4.78 is 0. The van der Waals surface area contributed by atoms with Crippen molar-refractivity contribution in [1.82, 2.24) is 5.32 Å². The van der Waals surface area contributed by atoms with Crippen molar-refractivity contribution in [3.63, 3.8) is 0 Å². The van der Waals surface area contributed by atoms with Gasteiger partial charge in [-0.15, -0.1) is 0 Å². The predicted molar refractivity (Wildman–Crippen MR) is 43.6 cm³/mol. The van der Waals surface area contributed by atoms with Gasteiger partial charge < -0.3 is 10.7 Å². The summed E-state index contributed by atoms with van der Waals surface area (Å²) in [7, 11) is 1.56. The average molecular weight is 150 g/mol. The average Bonchev–Trinajstić information content (AvgIpc) is 2.04. The second-order valence-electron chi connectivity index (χ2n) is 2.27. The Morgan fingerprint density at radius 2 is 2.45 bits per heavy atom. The highest BCUT2D eigenvalue weighted by Gasteiger charge is 2.12. The van der Waals surface area contributed by atoms with Gasteiger partial charge in [0.05, 0.1) is 5.57 Å². The molecule has 1 rings (SSSR count). The summed E-state index contributed by atoms with van der Waals surface area (Å²) in [5.41, 5.74) is 0.849. The molecule has 0 spiro atoms. The van der Waals surface area contributed by atoms with E-state index in [0.717, 1.165) is 0 Å². The second-order valence-corrected chi connectivity index (χ2v) is 2.27. The van der Waals surface area contributed by atoms with Crippen molar-refractivity contribution in [2.45, 2.75) is 6.42 Å². The van der Waals surface area contributed by atoms with Crippen LogP contribution >= 0.6 is 0 Å². The Balaban J connectivity index is 2.84. The van der Waals surface area contributed by atoms with Crippen LogP contribution in [0.2, 0.25) is 0 Å². The molecule has 0 aromatic rings. The molecule has 0 radical (unpaired) electrons. The van der Waals surface area contributed by atoms with Crippen molar-refractivity contribution < 1.29 is 4.79 Å². The highest BCUT2D eigenvalue weighted by molar-refractivity contribution is 6.21. The molecule has 0 fully saturated rings. The molecule has 0 bridgehead atoms. The third-order valence-electron chi connectivity index (χ3n) is 1.52. The van der Waals surface area contributed by atoms with Gasteiger partial charge in [-0.2, -0.15) is 0 Å². The number of carbonyl (C=O) groups excluding carboxylic acids is 1. The maximum Gasteiger partial charge on any atom is 0.252 e. The van der Waals surface area contributed by atoms with E-state index in [1.807, 2.05) is 6.08 Å². The van der Waals surface area contributed by atoms with E-state index in [0.29, 0.717) is 17.7 Å². The molecule has 0 unspecified atom stereocenters. The van der Waals surface area contributed by atoms with Crippen LogP contribution in [0.1, 0.15) is 6.42 Å². The van der Waals surface area contributed by atoms with Gasteiger partial charge in [0.15, 0.2) is 0 Å². The van der Waals surface area contributed by atoms with Crippen LogP contribution in [-0.2, 0) is 4.79 Å². The van der Waals surface area contributed by atoms with Crippen molar-refractivity contribution in [2.75, 3.05) is 7.05 Å². The van der Waals surface area contributed by atoms with Crippen molar-refractivity contribution in [3.8, 4) is 0 Å². The first-order valence-corrected chi connectivity index (χ1v) is 3.42. The lowest BCUT2D eigenvalue weighted by Crippen LogP contribution is -2.25. The Bertz CT molecular complexity index is 251. The van der Waals surface area contributed by atoms with Gasteiger partial charge in [-0.1, -0.05) is 12.2 Å². The van der Waals surface area contributed by atoms with Crippen molar-refractivity contribution in [2.24, 2.45) is 0 Å². The fourth-order valence-electron chi connectivity index (χ4n) is 0.908. The Labute approximate surface area is 65.3 Å². The standard InChI is InChI=1S/C8H10N2O/c1-10-8(11)6-4-2-3-5-7(6)9/h2-4,9H,5H2,1H3,(H,10,11). The van der Waals surface area contributed by atoms with E-state index in [2.05, 4.69) is 5.32 Å². The quantitative estimate of drug-likeness (QED) is 0.566. The van der Waals surface area contributed by atoms with E-state index < -0.39 is 0 Å². The lowest BCUT2D eigenvalue weighted by molar-refractivity contribution is -0.116. The normalized spacial score (nSPS) is 16.1. The monoisotopic (exact) mass is 150 g/mol. The number of hydrogen-bond donors (Lipinski definition) is 2. The van der Waals surface area contributed by atoms with Crippen LogP contribution in [0, 0.1) is 5.41 Å². The molecule has 2 N–H and O–H groups in total. The molecule has 0 aromatic carbocycles. The number of rotatable bonds is 1. The van der Waals surface area contributed by atoms with Crippen LogP contribution in [0.5, 0.6) is 0 Å². The van der Waals surface area contributed by atoms with E-state index in [4.69, 9.17) is 5.41 Å². The second kappa shape index (κ2) is 3.14. The van der Waals surface area contributed by atoms with Crippen molar-refractivity contribution in [3.05, 3.63) is 23.8 Å². The van der Waals surface area contributed by atoms with Crippen molar-refractivity contribution in [1.29, 1.82) is 5.41 Å². The van der Waals surface area contributed by atoms with Gasteiger partial charge >= 0.3 is 0 Å². The maximum absolute atomic E-state index is 11.0. The number of allylic oxidation sites excluding steroid dienone is 3. The lowest BCUT2D eigenvalue weighted by atomic mass is 10.0. The number of likely N-dealkylation sites (N-methyl/N-ethyl adjacent to an activating group) is 1. The molecule has 0 aliphatic heterocycles. The summed E-state index contributed by atoms with van der Waals surface area (Å²) in [5, 5.41) is 9.88. The van der Waals surface area contributed by atoms with Gasteiger partial charge in [-0.05, 0) is 6.08 Å². The fraction of sp³-hybridized carbons (Fsp3) is 0.250. The Kier molecular flexibility index (Phi) is 2.21. The molecular formula is C8H10N2O. The Hall–Kier alpha value is -1.38. The molecular weight excluding hydrogens is 140 g/mol. The molecule has 3 heteroatoms. The molecule has 1 aliphatic carbocycles. The molecule has 58 valence electrons. The van der Waals surface area contributed by atoms with Gasteiger partial charge in [-0.3, -0.25) is 4.79 Å². The van der Waals surface area contributed by atoms with Gasteiger partial charge in [0.1, 0.15) is 0 Å². The summed E-state index contributed by atoms with van der Waals surface area (Å²) in [4.78, 5) is 11.0. The Morgan fingerprint density at radius 1 is 1.73 bits per heavy atom. The van der Waals surface area contributed by atoms with Crippen molar-refractivity contribution >= 4 is 11.6 Å². The molecule has 0 atom stereocenters. The number of carbonyl (C=O) groups is 1. The SMILES string of the molecule is CNC(=O)C1=CC=CCC1=N. The zero-order valence-electron chi connectivity index (χ0n) is 6.35. The third-order valence-corrected chi connectivity index (χ3v) is 1.52. The molecule has 0 aromatic heterocycles. The molecule has 0 heterocycles. The third kappa shape index (κ3) is 1.55. The first-order valence-electron chi connectivity index (χ1n) is 3.42. The van der Waals surface area contributed by atoms with Crippen LogP contribution in [0.15, 0.2) is 23.8 Å². The van der Waals surface area contributed by atoms with Crippen LogP contribution in [0.3, 0.4) is 0 Å². The van der Waals surface area contributed by atoms with Crippen LogP contribution in [0.4, 0.5) is 0 Å². The number of amides is 1. The molecule has 3 nitrogen and oxygen atoms in total. The van der Waals surface area contributed by atoms with Crippen LogP contribution in [0.25, 0.3) is 0 Å². The minimum atomic E-state index is -0.181. The minimum absolute atomic E-state index is 0.181. The summed E-state index contributed by atoms with van der Waals surface area (Å²) in [6.45, 7) is 0. The summed E-state index contributed by atoms with van der Waals surface area (Å²) in [5.74, 6) is -0.181. The number of nitrogens with one attached hydrogen (secondary N) is 2. The minimum Gasteiger partial charge on any atom is -0.355 e. The van der Waals surface area contributed by atoms with Gasteiger partial charge in [0.2, 0.25) is 0 Å². The highest BCUT2D eigenvalue weighted by atomic mass is 16.1. The zero-order valence-corrected chi connectivity index (χ0v) is 6.35. The number of hydrogen-bond acceptors (Lipinski definition) is 2. The first-order chi connectivity index (χ1) is 5.25. The van der Waals surface area contributed by atoms with E-state index in [1.165, 1.54) is 0 Å².